The lowest BCUT2D eigenvalue weighted by Crippen LogP contribution is -2.30. The number of hydrogen-bond donors (Lipinski definition) is 2. The number of carbonyl (C=O) groups excluding carboxylic acids is 1. The van der Waals surface area contributed by atoms with Crippen LogP contribution >= 0.6 is 11.6 Å². The Bertz CT molecular complexity index is 837. The van der Waals surface area contributed by atoms with Gasteiger partial charge in [0.25, 0.3) is 0 Å². The number of anilines is 2. The highest BCUT2D eigenvalue weighted by atomic mass is 35.5. The van der Waals surface area contributed by atoms with Crippen molar-refractivity contribution in [3.63, 3.8) is 0 Å². The summed E-state index contributed by atoms with van der Waals surface area (Å²) >= 11 is 6.09. The van der Waals surface area contributed by atoms with Crippen LogP contribution < -0.4 is 10.6 Å². The Morgan fingerprint density at radius 1 is 1.04 bits per heavy atom. The first kappa shape index (κ1) is 19.2. The molecular formula is C17H20ClN3O3S. The molecule has 0 heterocycles. The van der Waals surface area contributed by atoms with Crippen LogP contribution in [0.5, 0.6) is 0 Å². The van der Waals surface area contributed by atoms with Gasteiger partial charge in [-0.1, -0.05) is 43.6 Å². The minimum absolute atomic E-state index is 0.0793. The molecule has 2 N–H and O–H groups in total. The Labute approximate surface area is 152 Å². The molecule has 0 aliphatic heterocycles. The molecule has 0 radical (unpaired) electrons. The molecular weight excluding hydrogens is 362 g/mol. The molecule has 0 aliphatic carbocycles. The van der Waals surface area contributed by atoms with E-state index >= 15 is 0 Å². The maximum atomic E-state index is 12.6. The minimum atomic E-state index is -3.63. The van der Waals surface area contributed by atoms with Gasteiger partial charge in [0, 0.05) is 18.8 Å². The number of nitrogens with zero attached hydrogens (tertiary/aromatic N) is 1. The molecule has 0 atom stereocenters. The van der Waals surface area contributed by atoms with Gasteiger partial charge in [0.15, 0.2) is 0 Å². The Balaban J connectivity index is 2.23. The predicted octanol–water partition coefficient (Wildman–Crippen LogP) is 4.01. The molecule has 134 valence electrons. The molecule has 25 heavy (non-hydrogen) atoms. The Morgan fingerprint density at radius 3 is 2.28 bits per heavy atom. The predicted molar refractivity (Wildman–Crippen MR) is 101 cm³/mol. The first-order valence-corrected chi connectivity index (χ1v) is 9.63. The van der Waals surface area contributed by atoms with E-state index in [9.17, 15) is 13.2 Å². The third-order valence-electron chi connectivity index (χ3n) is 3.56. The van der Waals surface area contributed by atoms with Crippen LogP contribution in [-0.4, -0.2) is 31.8 Å². The fourth-order valence-electron chi connectivity index (χ4n) is 2.28. The molecule has 8 heteroatoms. The summed E-state index contributed by atoms with van der Waals surface area (Å²) in [5, 5.41) is 5.49. The minimum Gasteiger partial charge on any atom is -0.308 e. The summed E-state index contributed by atoms with van der Waals surface area (Å²) < 4.78 is 26.5. The molecule has 0 fully saturated rings. The van der Waals surface area contributed by atoms with E-state index in [-0.39, 0.29) is 15.6 Å². The smallest absolute Gasteiger partial charge is 0.308 e. The summed E-state index contributed by atoms with van der Waals surface area (Å²) in [6.45, 7) is 4.25. The van der Waals surface area contributed by atoms with Crippen molar-refractivity contribution in [1.29, 1.82) is 0 Å². The van der Waals surface area contributed by atoms with Crippen LogP contribution in [0.2, 0.25) is 5.02 Å². The number of sulfonamides is 1. The maximum absolute atomic E-state index is 12.6. The zero-order valence-electron chi connectivity index (χ0n) is 14.0. The lowest BCUT2D eigenvalue weighted by atomic mass is 10.3. The second kappa shape index (κ2) is 8.33. The Kier molecular flexibility index (Phi) is 6.41. The monoisotopic (exact) mass is 381 g/mol. The van der Waals surface area contributed by atoms with Gasteiger partial charge in [0.1, 0.15) is 0 Å². The van der Waals surface area contributed by atoms with E-state index in [0.717, 1.165) is 0 Å². The average molecular weight is 382 g/mol. The highest BCUT2D eigenvalue weighted by Crippen LogP contribution is 2.27. The van der Waals surface area contributed by atoms with E-state index < -0.39 is 16.1 Å². The van der Waals surface area contributed by atoms with Crippen LogP contribution in [0.15, 0.2) is 53.4 Å². The summed E-state index contributed by atoms with van der Waals surface area (Å²) in [7, 11) is -3.63. The van der Waals surface area contributed by atoms with Gasteiger partial charge >= 0.3 is 6.03 Å². The number of nitrogens with one attached hydrogen (secondary N) is 2. The van der Waals surface area contributed by atoms with Crippen LogP contribution in [0.25, 0.3) is 0 Å². The number of urea groups is 1. The Morgan fingerprint density at radius 2 is 1.68 bits per heavy atom. The van der Waals surface area contributed by atoms with Crippen molar-refractivity contribution < 1.29 is 13.2 Å². The average Bonchev–Trinajstić information content (AvgIpc) is 2.58. The van der Waals surface area contributed by atoms with Crippen molar-refractivity contribution in [2.24, 2.45) is 0 Å². The fraction of sp³-hybridized carbons (Fsp3) is 0.235. The highest BCUT2D eigenvalue weighted by Gasteiger charge is 2.22. The molecule has 0 unspecified atom stereocenters. The summed E-state index contributed by atoms with van der Waals surface area (Å²) in [6, 6.07) is 12.6. The van der Waals surface area contributed by atoms with E-state index in [1.165, 1.54) is 22.5 Å². The van der Waals surface area contributed by atoms with Crippen LogP contribution in [0.1, 0.15) is 13.8 Å². The molecule has 2 aromatic carbocycles. The topological polar surface area (TPSA) is 78.5 Å². The van der Waals surface area contributed by atoms with Gasteiger partial charge in [-0.05, 0) is 30.3 Å². The maximum Gasteiger partial charge on any atom is 0.323 e. The zero-order valence-corrected chi connectivity index (χ0v) is 15.6. The molecule has 0 aromatic heterocycles. The molecule has 0 aliphatic rings. The quantitative estimate of drug-likeness (QED) is 0.793. The lowest BCUT2D eigenvalue weighted by molar-refractivity contribution is 0.262. The number of carbonyl (C=O) groups is 1. The molecule has 6 nitrogen and oxygen atoms in total. The number of halogens is 1. The zero-order chi connectivity index (χ0) is 18.4. The normalized spacial score (nSPS) is 11.4. The van der Waals surface area contributed by atoms with E-state index in [2.05, 4.69) is 10.6 Å². The molecule has 0 saturated heterocycles. The first-order valence-electron chi connectivity index (χ1n) is 7.81. The number of amides is 2. The standard InChI is InChI=1S/C17H20ClN3O3S/c1-3-21(4-2)25(23,24)14-10-11-15(18)16(12-14)20-17(22)19-13-8-6-5-7-9-13/h5-12H,3-4H2,1-2H3,(H2,19,20,22). The van der Waals surface area contributed by atoms with Crippen LogP contribution in [-0.2, 0) is 10.0 Å². The van der Waals surface area contributed by atoms with E-state index in [4.69, 9.17) is 11.6 Å². The van der Waals surface area contributed by atoms with Gasteiger partial charge < -0.3 is 10.6 Å². The fourth-order valence-corrected chi connectivity index (χ4v) is 3.93. The highest BCUT2D eigenvalue weighted by molar-refractivity contribution is 7.89. The van der Waals surface area contributed by atoms with Gasteiger partial charge in [-0.15, -0.1) is 0 Å². The van der Waals surface area contributed by atoms with Crippen molar-refractivity contribution >= 4 is 39.0 Å². The summed E-state index contributed by atoms with van der Waals surface area (Å²) in [4.78, 5) is 12.2. The van der Waals surface area contributed by atoms with E-state index in [0.29, 0.717) is 18.8 Å². The van der Waals surface area contributed by atoms with Gasteiger partial charge in [-0.25, -0.2) is 13.2 Å². The van der Waals surface area contributed by atoms with Crippen molar-refractivity contribution in [3.05, 3.63) is 53.6 Å². The molecule has 0 spiro atoms. The summed E-state index contributed by atoms with van der Waals surface area (Å²) in [5.74, 6) is 0. The number of rotatable bonds is 6. The molecule has 2 aromatic rings. The van der Waals surface area contributed by atoms with E-state index in [1.807, 2.05) is 6.07 Å². The molecule has 0 bridgehead atoms. The molecule has 2 rings (SSSR count). The largest absolute Gasteiger partial charge is 0.323 e. The van der Waals surface area contributed by atoms with Crippen molar-refractivity contribution in [1.82, 2.24) is 4.31 Å². The van der Waals surface area contributed by atoms with Gasteiger partial charge in [0.05, 0.1) is 15.6 Å². The Hall–Kier alpha value is -2.09. The van der Waals surface area contributed by atoms with Crippen molar-refractivity contribution in [2.75, 3.05) is 23.7 Å². The third kappa shape index (κ3) is 4.72. The number of hydrogen-bond acceptors (Lipinski definition) is 3. The van der Waals surface area contributed by atoms with Crippen LogP contribution in [0.3, 0.4) is 0 Å². The third-order valence-corrected chi connectivity index (χ3v) is 5.94. The van der Waals surface area contributed by atoms with Crippen molar-refractivity contribution in [3.8, 4) is 0 Å². The second-order valence-electron chi connectivity index (χ2n) is 5.18. The summed E-state index contributed by atoms with van der Waals surface area (Å²) in [5.41, 5.74) is 0.839. The number of benzene rings is 2. The first-order chi connectivity index (χ1) is 11.9. The number of para-hydroxylation sites is 1. The van der Waals surface area contributed by atoms with Crippen molar-refractivity contribution in [2.45, 2.75) is 18.7 Å². The SMILES string of the molecule is CCN(CC)S(=O)(=O)c1ccc(Cl)c(NC(=O)Nc2ccccc2)c1. The second-order valence-corrected chi connectivity index (χ2v) is 7.52. The van der Waals surface area contributed by atoms with Gasteiger partial charge in [0.2, 0.25) is 10.0 Å². The van der Waals surface area contributed by atoms with Crippen LogP contribution in [0.4, 0.5) is 16.2 Å². The van der Waals surface area contributed by atoms with Gasteiger partial charge in [-0.2, -0.15) is 4.31 Å². The molecule has 2 amide bonds. The summed E-state index contributed by atoms with van der Waals surface area (Å²) in [6.07, 6.45) is 0. The van der Waals surface area contributed by atoms with Gasteiger partial charge in [-0.3, -0.25) is 0 Å². The lowest BCUT2D eigenvalue weighted by Gasteiger charge is -2.19. The van der Waals surface area contributed by atoms with Crippen LogP contribution in [0, 0.1) is 0 Å². The molecule has 0 saturated carbocycles. The van der Waals surface area contributed by atoms with E-state index in [1.54, 1.807) is 38.1 Å².